The van der Waals surface area contributed by atoms with Crippen LogP contribution in [-0.4, -0.2) is 32.9 Å². The van der Waals surface area contributed by atoms with E-state index in [-0.39, 0.29) is 13.1 Å². The first-order chi connectivity index (χ1) is 8.68. The van der Waals surface area contributed by atoms with E-state index in [9.17, 15) is 0 Å². The van der Waals surface area contributed by atoms with E-state index in [1.54, 1.807) is 6.26 Å². The van der Waals surface area contributed by atoms with Crippen LogP contribution in [-0.2, 0) is 18.9 Å². The van der Waals surface area contributed by atoms with E-state index < -0.39 is 0 Å². The molecule has 0 amide bonds. The van der Waals surface area contributed by atoms with Gasteiger partial charge in [-0.05, 0) is 44.3 Å². The molecule has 1 atom stereocenters. The van der Waals surface area contributed by atoms with Gasteiger partial charge in [0.25, 0.3) is 0 Å². The second kappa shape index (κ2) is 9.14. The van der Waals surface area contributed by atoms with E-state index in [1.807, 2.05) is 13.8 Å². The van der Waals surface area contributed by atoms with Gasteiger partial charge >= 0.3 is 0 Å². The average molecular weight is 256 g/mol. The molecule has 0 aliphatic carbocycles. The molecule has 1 rings (SSSR count). The van der Waals surface area contributed by atoms with Crippen LogP contribution in [0.4, 0.5) is 0 Å². The van der Waals surface area contributed by atoms with Crippen molar-refractivity contribution in [2.24, 2.45) is 0 Å². The minimum Gasteiger partial charge on any atom is -0.497 e. The third kappa shape index (κ3) is 7.48. The van der Waals surface area contributed by atoms with Gasteiger partial charge in [0.2, 0.25) is 0 Å². The van der Waals surface area contributed by atoms with Gasteiger partial charge in [0.05, 0.1) is 12.9 Å². The van der Waals surface area contributed by atoms with Crippen LogP contribution in [0.3, 0.4) is 0 Å². The molecule has 1 fully saturated rings. The van der Waals surface area contributed by atoms with Crippen molar-refractivity contribution in [1.29, 1.82) is 0 Å². The lowest BCUT2D eigenvalue weighted by atomic mass is 10.2. The van der Waals surface area contributed by atoms with Gasteiger partial charge in [-0.3, -0.25) is 0 Å². The van der Waals surface area contributed by atoms with Crippen molar-refractivity contribution in [3.05, 3.63) is 24.0 Å². The standard InChI is InChI=1S/C14H24O4/c1-12(2)8-15-9-13(3)10-16-11-18-14-6-4-5-7-17-14/h9,14H,1,4-8,10-11H2,2-3H3. The number of hydrogen-bond acceptors (Lipinski definition) is 4. The topological polar surface area (TPSA) is 36.9 Å². The molecule has 1 aliphatic heterocycles. The highest BCUT2D eigenvalue weighted by Gasteiger charge is 2.13. The summed E-state index contributed by atoms with van der Waals surface area (Å²) in [5.74, 6) is 0. The molecule has 1 heterocycles. The molecule has 0 aromatic heterocycles. The quantitative estimate of drug-likeness (QED) is 0.289. The van der Waals surface area contributed by atoms with Crippen molar-refractivity contribution in [2.75, 3.05) is 26.6 Å². The largest absolute Gasteiger partial charge is 0.497 e. The highest BCUT2D eigenvalue weighted by Crippen LogP contribution is 2.13. The lowest BCUT2D eigenvalue weighted by Gasteiger charge is -2.22. The van der Waals surface area contributed by atoms with Crippen LogP contribution in [0, 0.1) is 0 Å². The molecule has 104 valence electrons. The first kappa shape index (κ1) is 15.2. The van der Waals surface area contributed by atoms with E-state index in [0.29, 0.717) is 13.2 Å². The molecule has 4 nitrogen and oxygen atoms in total. The molecule has 1 unspecified atom stereocenters. The smallest absolute Gasteiger partial charge is 0.160 e. The predicted molar refractivity (Wildman–Crippen MR) is 70.0 cm³/mol. The summed E-state index contributed by atoms with van der Waals surface area (Å²) in [4.78, 5) is 0. The summed E-state index contributed by atoms with van der Waals surface area (Å²) in [6.45, 7) is 9.74. The summed E-state index contributed by atoms with van der Waals surface area (Å²) < 4.78 is 21.6. The maximum atomic E-state index is 5.45. The summed E-state index contributed by atoms with van der Waals surface area (Å²) in [6.07, 6.45) is 4.86. The van der Waals surface area contributed by atoms with Crippen molar-refractivity contribution in [1.82, 2.24) is 0 Å². The van der Waals surface area contributed by atoms with Crippen molar-refractivity contribution in [3.8, 4) is 0 Å². The minimum atomic E-state index is -0.0947. The Bertz CT molecular complexity index is 267. The molecule has 0 bridgehead atoms. The van der Waals surface area contributed by atoms with Gasteiger partial charge in [-0.1, -0.05) is 6.58 Å². The lowest BCUT2D eigenvalue weighted by molar-refractivity contribution is -0.206. The van der Waals surface area contributed by atoms with Crippen LogP contribution in [0.1, 0.15) is 33.1 Å². The van der Waals surface area contributed by atoms with Gasteiger partial charge in [-0.15, -0.1) is 0 Å². The Kier molecular flexibility index (Phi) is 7.73. The summed E-state index contributed by atoms with van der Waals surface area (Å²) in [6, 6.07) is 0. The Morgan fingerprint density at radius 2 is 2.17 bits per heavy atom. The summed E-state index contributed by atoms with van der Waals surface area (Å²) >= 11 is 0. The molecule has 1 saturated heterocycles. The number of ether oxygens (including phenoxy) is 4. The number of rotatable bonds is 8. The first-order valence-electron chi connectivity index (χ1n) is 6.41. The first-order valence-corrected chi connectivity index (χ1v) is 6.41. The third-order valence-corrected chi connectivity index (χ3v) is 2.42. The summed E-state index contributed by atoms with van der Waals surface area (Å²) in [5.41, 5.74) is 2.02. The highest BCUT2D eigenvalue weighted by molar-refractivity contribution is 4.95. The van der Waals surface area contributed by atoms with Gasteiger partial charge in [0, 0.05) is 6.61 Å². The van der Waals surface area contributed by atoms with Crippen molar-refractivity contribution < 1.29 is 18.9 Å². The Hall–Kier alpha value is -0.840. The zero-order chi connectivity index (χ0) is 13.2. The third-order valence-electron chi connectivity index (χ3n) is 2.42. The molecule has 0 saturated carbocycles. The van der Waals surface area contributed by atoms with Crippen molar-refractivity contribution >= 4 is 0 Å². The van der Waals surface area contributed by atoms with Crippen molar-refractivity contribution in [3.63, 3.8) is 0 Å². The van der Waals surface area contributed by atoms with E-state index >= 15 is 0 Å². The maximum absolute atomic E-state index is 5.45. The average Bonchev–Trinajstić information content (AvgIpc) is 2.35. The van der Waals surface area contributed by atoms with E-state index in [2.05, 4.69) is 6.58 Å². The number of hydrogen-bond donors (Lipinski definition) is 0. The summed E-state index contributed by atoms with van der Waals surface area (Å²) in [7, 11) is 0. The molecule has 4 heteroatoms. The Morgan fingerprint density at radius 3 is 2.83 bits per heavy atom. The monoisotopic (exact) mass is 256 g/mol. The molecule has 18 heavy (non-hydrogen) atoms. The fourth-order valence-electron chi connectivity index (χ4n) is 1.53. The van der Waals surface area contributed by atoms with Crippen molar-refractivity contribution in [2.45, 2.75) is 39.4 Å². The van der Waals surface area contributed by atoms with Crippen LogP contribution in [0.15, 0.2) is 24.0 Å². The molecule has 0 radical (unpaired) electrons. The molecular formula is C14H24O4. The molecule has 0 aromatic carbocycles. The van der Waals surface area contributed by atoms with Gasteiger partial charge < -0.3 is 18.9 Å². The normalized spacial score (nSPS) is 20.8. The lowest BCUT2D eigenvalue weighted by Crippen LogP contribution is -2.23. The summed E-state index contributed by atoms with van der Waals surface area (Å²) in [5, 5.41) is 0. The van der Waals surface area contributed by atoms with Crippen LogP contribution in [0.5, 0.6) is 0 Å². The van der Waals surface area contributed by atoms with E-state index in [4.69, 9.17) is 18.9 Å². The van der Waals surface area contributed by atoms with Crippen LogP contribution in [0.2, 0.25) is 0 Å². The fourth-order valence-corrected chi connectivity index (χ4v) is 1.53. The molecule has 0 N–H and O–H groups in total. The maximum Gasteiger partial charge on any atom is 0.160 e. The second-order valence-corrected chi connectivity index (χ2v) is 4.66. The van der Waals surface area contributed by atoms with E-state index in [0.717, 1.165) is 30.6 Å². The van der Waals surface area contributed by atoms with Crippen LogP contribution >= 0.6 is 0 Å². The van der Waals surface area contributed by atoms with Gasteiger partial charge in [0.15, 0.2) is 6.29 Å². The second-order valence-electron chi connectivity index (χ2n) is 4.66. The zero-order valence-corrected chi connectivity index (χ0v) is 11.4. The Balaban J connectivity index is 2.00. The Labute approximate surface area is 110 Å². The Morgan fingerprint density at radius 1 is 1.33 bits per heavy atom. The fraction of sp³-hybridized carbons (Fsp3) is 0.714. The van der Waals surface area contributed by atoms with Gasteiger partial charge in [0.1, 0.15) is 13.4 Å². The van der Waals surface area contributed by atoms with Crippen LogP contribution < -0.4 is 0 Å². The predicted octanol–water partition coefficient (Wildman–Crippen LogP) is 3.00. The molecule has 1 aliphatic rings. The van der Waals surface area contributed by atoms with Crippen LogP contribution in [0.25, 0.3) is 0 Å². The highest BCUT2D eigenvalue weighted by atomic mass is 16.7. The molecule has 0 aromatic rings. The van der Waals surface area contributed by atoms with Gasteiger partial charge in [-0.25, -0.2) is 0 Å². The minimum absolute atomic E-state index is 0.0947. The zero-order valence-electron chi connectivity index (χ0n) is 11.4. The molecule has 0 spiro atoms. The van der Waals surface area contributed by atoms with Gasteiger partial charge in [-0.2, -0.15) is 0 Å². The molecular weight excluding hydrogens is 232 g/mol. The van der Waals surface area contributed by atoms with E-state index in [1.165, 1.54) is 6.42 Å². The SMILES string of the molecule is C=C(C)COC=C(C)COCOC1CCCCO1.